The van der Waals surface area contributed by atoms with Crippen LogP contribution in [-0.4, -0.2) is 20.7 Å². The van der Waals surface area contributed by atoms with Crippen LogP contribution in [-0.2, 0) is 11.3 Å². The van der Waals surface area contributed by atoms with E-state index in [1.807, 2.05) is 6.92 Å². The van der Waals surface area contributed by atoms with Gasteiger partial charge in [0, 0.05) is 6.20 Å². The van der Waals surface area contributed by atoms with Gasteiger partial charge in [-0.15, -0.1) is 0 Å². The van der Waals surface area contributed by atoms with E-state index in [9.17, 15) is 4.79 Å². The van der Waals surface area contributed by atoms with Gasteiger partial charge in [-0.3, -0.25) is 9.48 Å². The largest absolute Gasteiger partial charge is 0.382 e. The monoisotopic (exact) mass is 309 g/mol. The van der Waals surface area contributed by atoms with Crippen molar-refractivity contribution in [1.82, 2.24) is 14.8 Å². The number of nitrogens with zero attached hydrogens (tertiary/aromatic N) is 3. The summed E-state index contributed by atoms with van der Waals surface area (Å²) in [5.74, 6) is 0.217. The minimum absolute atomic E-state index is 0.118. The molecule has 0 radical (unpaired) electrons. The first-order valence-corrected chi connectivity index (χ1v) is 6.06. The van der Waals surface area contributed by atoms with Gasteiger partial charge in [-0.05, 0) is 41.1 Å². The molecule has 2 heterocycles. The van der Waals surface area contributed by atoms with Crippen LogP contribution in [0.2, 0.25) is 0 Å². The zero-order valence-corrected chi connectivity index (χ0v) is 11.3. The molecule has 0 spiro atoms. The molecule has 0 aromatic carbocycles. The fourth-order valence-electron chi connectivity index (χ4n) is 1.46. The van der Waals surface area contributed by atoms with Crippen molar-refractivity contribution in [1.29, 1.82) is 0 Å². The number of nitrogens with two attached hydrogens (primary N) is 1. The van der Waals surface area contributed by atoms with Crippen LogP contribution < -0.4 is 11.1 Å². The predicted octanol–water partition coefficient (Wildman–Crippen LogP) is 1.57. The fraction of sp³-hybridized carbons (Fsp3) is 0.182. The second-order valence-corrected chi connectivity index (χ2v) is 4.57. The van der Waals surface area contributed by atoms with Gasteiger partial charge in [0.2, 0.25) is 5.91 Å². The van der Waals surface area contributed by atoms with E-state index in [2.05, 4.69) is 31.3 Å². The van der Waals surface area contributed by atoms with Gasteiger partial charge in [-0.25, -0.2) is 4.98 Å². The van der Waals surface area contributed by atoms with Crippen molar-refractivity contribution in [2.45, 2.75) is 13.5 Å². The number of aromatic nitrogens is 3. The van der Waals surface area contributed by atoms with E-state index in [0.717, 1.165) is 10.3 Å². The van der Waals surface area contributed by atoms with E-state index in [-0.39, 0.29) is 12.5 Å². The number of rotatable bonds is 3. The average molecular weight is 310 g/mol. The lowest BCUT2D eigenvalue weighted by molar-refractivity contribution is -0.116. The van der Waals surface area contributed by atoms with Gasteiger partial charge in [0.05, 0.1) is 11.4 Å². The molecule has 18 heavy (non-hydrogen) atoms. The van der Waals surface area contributed by atoms with Crippen LogP contribution in [0, 0.1) is 6.92 Å². The average Bonchev–Trinajstić information content (AvgIpc) is 2.68. The highest BCUT2D eigenvalue weighted by Crippen LogP contribution is 2.16. The van der Waals surface area contributed by atoms with Gasteiger partial charge in [0.15, 0.2) is 0 Å². The Hall–Kier alpha value is -1.89. The summed E-state index contributed by atoms with van der Waals surface area (Å²) in [5, 5.41) is 6.71. The highest BCUT2D eigenvalue weighted by molar-refractivity contribution is 9.10. The molecule has 2 rings (SSSR count). The molecule has 7 heteroatoms. The number of pyridine rings is 1. The second kappa shape index (κ2) is 5.18. The highest BCUT2D eigenvalue weighted by Gasteiger charge is 2.07. The summed E-state index contributed by atoms with van der Waals surface area (Å²) in [6.07, 6.45) is 1.65. The van der Waals surface area contributed by atoms with E-state index >= 15 is 0 Å². The zero-order chi connectivity index (χ0) is 13.1. The third-order valence-corrected chi connectivity index (χ3v) is 2.73. The molecule has 2 aromatic heterocycles. The summed E-state index contributed by atoms with van der Waals surface area (Å²) in [4.78, 5) is 16.0. The van der Waals surface area contributed by atoms with Crippen LogP contribution in [0.1, 0.15) is 5.69 Å². The number of amides is 1. The lowest BCUT2D eigenvalue weighted by atomic mass is 10.3. The molecule has 0 aliphatic carbocycles. The van der Waals surface area contributed by atoms with Gasteiger partial charge in [-0.2, -0.15) is 5.10 Å². The lowest BCUT2D eigenvalue weighted by Gasteiger charge is -2.07. The number of hydrogen-bond donors (Lipinski definition) is 2. The lowest BCUT2D eigenvalue weighted by Crippen LogP contribution is -2.19. The van der Waals surface area contributed by atoms with Crippen molar-refractivity contribution in [3.63, 3.8) is 0 Å². The molecule has 0 saturated carbocycles. The number of halogens is 1. The van der Waals surface area contributed by atoms with Crippen molar-refractivity contribution in [2.24, 2.45) is 0 Å². The van der Waals surface area contributed by atoms with E-state index in [1.165, 1.54) is 4.68 Å². The summed E-state index contributed by atoms with van der Waals surface area (Å²) >= 11 is 3.27. The summed E-state index contributed by atoms with van der Waals surface area (Å²) in [7, 11) is 0. The number of hydrogen-bond acceptors (Lipinski definition) is 4. The van der Waals surface area contributed by atoms with Crippen LogP contribution in [0.15, 0.2) is 29.0 Å². The Morgan fingerprint density at radius 3 is 2.89 bits per heavy atom. The number of carbonyl (C=O) groups excluding carboxylic acids is 1. The van der Waals surface area contributed by atoms with E-state index in [4.69, 9.17) is 5.73 Å². The predicted molar refractivity (Wildman–Crippen MR) is 71.9 cm³/mol. The minimum atomic E-state index is -0.176. The van der Waals surface area contributed by atoms with Crippen LogP contribution in [0.25, 0.3) is 0 Å². The normalized spacial score (nSPS) is 10.3. The third kappa shape index (κ3) is 3.07. The molecular formula is C11H12BrN5O. The number of nitrogens with one attached hydrogen (secondary N) is 1. The molecule has 0 aliphatic heterocycles. The molecule has 2 aromatic rings. The van der Waals surface area contributed by atoms with Gasteiger partial charge in [0.25, 0.3) is 0 Å². The Balaban J connectivity index is 2.03. The van der Waals surface area contributed by atoms with Crippen LogP contribution in [0.4, 0.5) is 11.5 Å². The van der Waals surface area contributed by atoms with Crippen molar-refractivity contribution < 1.29 is 4.79 Å². The van der Waals surface area contributed by atoms with Crippen molar-refractivity contribution in [2.75, 3.05) is 11.1 Å². The molecule has 0 bridgehead atoms. The Morgan fingerprint density at radius 2 is 2.28 bits per heavy atom. The van der Waals surface area contributed by atoms with E-state index in [0.29, 0.717) is 11.5 Å². The van der Waals surface area contributed by atoms with Gasteiger partial charge >= 0.3 is 0 Å². The Morgan fingerprint density at radius 1 is 1.50 bits per heavy atom. The SMILES string of the molecule is Cc1nc(Br)ccc1NC(=O)Cn1ccc(N)n1. The number of aryl methyl sites for hydroxylation is 1. The highest BCUT2D eigenvalue weighted by atomic mass is 79.9. The fourth-order valence-corrected chi connectivity index (χ4v) is 1.86. The van der Waals surface area contributed by atoms with E-state index < -0.39 is 0 Å². The first-order valence-electron chi connectivity index (χ1n) is 5.26. The molecule has 0 saturated heterocycles. The number of nitrogen functional groups attached to an aromatic ring is 1. The third-order valence-electron chi connectivity index (χ3n) is 2.29. The minimum Gasteiger partial charge on any atom is -0.382 e. The molecule has 0 unspecified atom stereocenters. The molecule has 0 fully saturated rings. The molecule has 0 aliphatic rings. The maximum absolute atomic E-state index is 11.8. The first-order chi connectivity index (χ1) is 8.54. The second-order valence-electron chi connectivity index (χ2n) is 3.75. The first kappa shape index (κ1) is 12.6. The van der Waals surface area contributed by atoms with Crippen LogP contribution in [0.5, 0.6) is 0 Å². The molecule has 1 amide bonds. The number of anilines is 2. The molecule has 6 nitrogen and oxygen atoms in total. The van der Waals surface area contributed by atoms with Crippen molar-refractivity contribution >= 4 is 33.3 Å². The van der Waals surface area contributed by atoms with Crippen molar-refractivity contribution in [3.05, 3.63) is 34.7 Å². The van der Waals surface area contributed by atoms with Gasteiger partial charge in [-0.1, -0.05) is 0 Å². The quantitative estimate of drug-likeness (QED) is 0.843. The van der Waals surface area contributed by atoms with E-state index in [1.54, 1.807) is 24.4 Å². The maximum Gasteiger partial charge on any atom is 0.246 e. The van der Waals surface area contributed by atoms with Gasteiger partial charge in [0.1, 0.15) is 17.0 Å². The Kier molecular flexibility index (Phi) is 3.61. The summed E-state index contributed by atoms with van der Waals surface area (Å²) in [6, 6.07) is 5.20. The molecule has 0 atom stereocenters. The standard InChI is InChI=1S/C11H12BrN5O/c1-7-8(2-3-9(12)14-7)15-11(18)6-17-5-4-10(13)16-17/h2-5H,6H2,1H3,(H2,13,16)(H,15,18). The van der Waals surface area contributed by atoms with Gasteiger partial charge < -0.3 is 11.1 Å². The zero-order valence-electron chi connectivity index (χ0n) is 9.72. The summed E-state index contributed by atoms with van der Waals surface area (Å²) in [5.41, 5.74) is 6.90. The molecular weight excluding hydrogens is 298 g/mol. The van der Waals surface area contributed by atoms with Crippen LogP contribution >= 0.6 is 15.9 Å². The molecule has 3 N–H and O–H groups in total. The summed E-state index contributed by atoms with van der Waals surface area (Å²) < 4.78 is 2.21. The number of carbonyl (C=O) groups is 1. The Labute approximate surface area is 112 Å². The summed E-state index contributed by atoms with van der Waals surface area (Å²) in [6.45, 7) is 1.94. The smallest absolute Gasteiger partial charge is 0.246 e. The topological polar surface area (TPSA) is 85.8 Å². The Bertz CT molecular complexity index is 581. The van der Waals surface area contributed by atoms with Crippen molar-refractivity contribution in [3.8, 4) is 0 Å². The van der Waals surface area contributed by atoms with Crippen LogP contribution in [0.3, 0.4) is 0 Å². The maximum atomic E-state index is 11.8. The molecule has 94 valence electrons.